The first kappa shape index (κ1) is 17.0. The predicted octanol–water partition coefficient (Wildman–Crippen LogP) is 2.51. The lowest BCUT2D eigenvalue weighted by Crippen LogP contribution is -2.42. The lowest BCUT2D eigenvalue weighted by atomic mass is 10.0. The number of amides is 3. The van der Waals surface area contributed by atoms with Gasteiger partial charge in [0, 0.05) is 23.5 Å². The van der Waals surface area contributed by atoms with E-state index in [0.29, 0.717) is 12.2 Å². The van der Waals surface area contributed by atoms with Crippen molar-refractivity contribution in [2.75, 3.05) is 18.4 Å². The minimum absolute atomic E-state index is 0.0101. The molecule has 1 aromatic carbocycles. The van der Waals surface area contributed by atoms with Crippen LogP contribution in [-0.4, -0.2) is 40.1 Å². The molecule has 0 bridgehead atoms. The lowest BCUT2D eigenvalue weighted by molar-refractivity contribution is -0.115. The summed E-state index contributed by atoms with van der Waals surface area (Å²) in [4.78, 5) is 26.3. The van der Waals surface area contributed by atoms with E-state index < -0.39 is 0 Å². The zero-order valence-corrected chi connectivity index (χ0v) is 14.5. The number of rotatable bonds is 4. The van der Waals surface area contributed by atoms with Crippen molar-refractivity contribution in [1.82, 2.24) is 20.4 Å². The summed E-state index contributed by atoms with van der Waals surface area (Å²) in [7, 11) is 0. The molecule has 25 heavy (non-hydrogen) atoms. The van der Waals surface area contributed by atoms with E-state index in [4.69, 9.17) is 0 Å². The van der Waals surface area contributed by atoms with Crippen LogP contribution in [0.25, 0.3) is 0 Å². The number of likely N-dealkylation sites (tertiary alicyclic amines) is 1. The first-order chi connectivity index (χ1) is 12.1. The van der Waals surface area contributed by atoms with Crippen molar-refractivity contribution in [2.45, 2.75) is 32.7 Å². The van der Waals surface area contributed by atoms with Crippen molar-refractivity contribution in [3.63, 3.8) is 0 Å². The van der Waals surface area contributed by atoms with E-state index >= 15 is 0 Å². The molecule has 1 aliphatic heterocycles. The van der Waals surface area contributed by atoms with E-state index in [9.17, 15) is 9.59 Å². The van der Waals surface area contributed by atoms with Gasteiger partial charge in [-0.3, -0.25) is 9.89 Å². The molecule has 0 saturated carbocycles. The molecule has 1 saturated heterocycles. The van der Waals surface area contributed by atoms with Gasteiger partial charge in [-0.15, -0.1) is 0 Å². The van der Waals surface area contributed by atoms with Gasteiger partial charge in [0.2, 0.25) is 5.91 Å². The maximum atomic E-state index is 12.5. The Kier molecular flexibility index (Phi) is 5.02. The summed E-state index contributed by atoms with van der Waals surface area (Å²) < 4.78 is 0. The number of nitrogens with zero attached hydrogens (tertiary/aromatic N) is 2. The molecule has 3 amide bonds. The number of carbonyl (C=O) groups excluding carboxylic acids is 2. The van der Waals surface area contributed by atoms with Gasteiger partial charge in [0.05, 0.1) is 18.3 Å². The van der Waals surface area contributed by atoms with E-state index in [2.05, 4.69) is 20.8 Å². The van der Waals surface area contributed by atoms with Gasteiger partial charge < -0.3 is 15.5 Å². The fourth-order valence-corrected chi connectivity index (χ4v) is 3.34. The third kappa shape index (κ3) is 3.81. The molecule has 132 valence electrons. The van der Waals surface area contributed by atoms with Crippen LogP contribution in [0.2, 0.25) is 0 Å². The summed E-state index contributed by atoms with van der Waals surface area (Å²) in [6.07, 6.45) is 1.85. The number of hydrogen-bond donors (Lipinski definition) is 3. The Morgan fingerprint density at radius 2 is 2.04 bits per heavy atom. The SMILES string of the molecule is Cc1n[nH]c(C)c1[C@H]1CCCN1C(=O)NCC(=O)Nc1ccccc1. The molecule has 0 spiro atoms. The Balaban J connectivity index is 1.58. The van der Waals surface area contributed by atoms with Gasteiger partial charge in [0.1, 0.15) is 0 Å². The summed E-state index contributed by atoms with van der Waals surface area (Å²) in [6.45, 7) is 4.54. The van der Waals surface area contributed by atoms with E-state index in [1.807, 2.05) is 32.0 Å². The highest BCUT2D eigenvalue weighted by molar-refractivity contribution is 5.94. The van der Waals surface area contributed by atoms with Gasteiger partial charge in [-0.2, -0.15) is 5.10 Å². The second-order valence-corrected chi connectivity index (χ2v) is 6.27. The number of hydrogen-bond acceptors (Lipinski definition) is 3. The number of H-pyrrole nitrogens is 1. The van der Waals surface area contributed by atoms with Crippen molar-refractivity contribution in [2.24, 2.45) is 0 Å². The molecule has 2 heterocycles. The van der Waals surface area contributed by atoms with E-state index in [-0.39, 0.29) is 24.5 Å². The largest absolute Gasteiger partial charge is 0.329 e. The van der Waals surface area contributed by atoms with Crippen molar-refractivity contribution in [3.05, 3.63) is 47.3 Å². The molecule has 7 nitrogen and oxygen atoms in total. The summed E-state index contributed by atoms with van der Waals surface area (Å²) in [5.74, 6) is -0.244. The topological polar surface area (TPSA) is 90.1 Å². The molecule has 0 radical (unpaired) electrons. The van der Waals surface area contributed by atoms with Crippen LogP contribution in [0, 0.1) is 13.8 Å². The molecule has 0 aliphatic carbocycles. The zero-order valence-electron chi connectivity index (χ0n) is 14.5. The normalized spacial score (nSPS) is 16.7. The molecule has 1 aliphatic rings. The van der Waals surface area contributed by atoms with Gasteiger partial charge in [-0.25, -0.2) is 4.79 Å². The third-order valence-corrected chi connectivity index (χ3v) is 4.49. The molecule has 3 N–H and O–H groups in total. The standard InChI is InChI=1S/C18H23N5O2/c1-12-17(13(2)22-21-12)15-9-6-10-23(15)18(25)19-11-16(24)20-14-7-4-3-5-8-14/h3-5,7-8,15H,6,9-11H2,1-2H3,(H,19,25)(H,20,24)(H,21,22)/t15-/m1/s1. The van der Waals surface area contributed by atoms with Crippen LogP contribution in [0.15, 0.2) is 30.3 Å². The summed E-state index contributed by atoms with van der Waals surface area (Å²) >= 11 is 0. The zero-order chi connectivity index (χ0) is 17.8. The van der Waals surface area contributed by atoms with Crippen LogP contribution in [-0.2, 0) is 4.79 Å². The number of urea groups is 1. The fraction of sp³-hybridized carbons (Fsp3) is 0.389. The Morgan fingerprint density at radius 3 is 2.72 bits per heavy atom. The van der Waals surface area contributed by atoms with Gasteiger partial charge in [-0.05, 0) is 38.8 Å². The monoisotopic (exact) mass is 341 g/mol. The fourth-order valence-electron chi connectivity index (χ4n) is 3.34. The Labute approximate surface area is 146 Å². The quantitative estimate of drug-likeness (QED) is 0.798. The molecule has 1 atom stereocenters. The van der Waals surface area contributed by atoms with Gasteiger partial charge in [-0.1, -0.05) is 18.2 Å². The highest BCUT2D eigenvalue weighted by atomic mass is 16.2. The number of aromatic amines is 1. The minimum Gasteiger partial charge on any atom is -0.329 e. The molecule has 7 heteroatoms. The van der Waals surface area contributed by atoms with Crippen LogP contribution < -0.4 is 10.6 Å². The lowest BCUT2D eigenvalue weighted by Gasteiger charge is -2.25. The third-order valence-electron chi connectivity index (χ3n) is 4.49. The Hall–Kier alpha value is -2.83. The van der Waals surface area contributed by atoms with Crippen molar-refractivity contribution >= 4 is 17.6 Å². The molecule has 0 unspecified atom stereocenters. The Bertz CT molecular complexity index is 737. The van der Waals surface area contributed by atoms with Crippen LogP contribution in [0.4, 0.5) is 10.5 Å². The average Bonchev–Trinajstić information content (AvgIpc) is 3.20. The molecular formula is C18H23N5O2. The summed E-state index contributed by atoms with van der Waals surface area (Å²) in [5.41, 5.74) is 3.71. The first-order valence-corrected chi connectivity index (χ1v) is 8.47. The number of carbonyl (C=O) groups is 2. The van der Waals surface area contributed by atoms with Crippen LogP contribution in [0.5, 0.6) is 0 Å². The molecule has 3 rings (SSSR count). The van der Waals surface area contributed by atoms with Crippen LogP contribution in [0.3, 0.4) is 0 Å². The number of benzene rings is 1. The van der Waals surface area contributed by atoms with Gasteiger partial charge in [0.15, 0.2) is 0 Å². The van der Waals surface area contributed by atoms with E-state index in [1.54, 1.807) is 17.0 Å². The molecule has 2 aromatic rings. The minimum atomic E-state index is -0.244. The van der Waals surface area contributed by atoms with Crippen molar-refractivity contribution in [1.29, 1.82) is 0 Å². The van der Waals surface area contributed by atoms with E-state index in [0.717, 1.165) is 29.8 Å². The smallest absolute Gasteiger partial charge is 0.318 e. The maximum absolute atomic E-state index is 12.5. The van der Waals surface area contributed by atoms with Gasteiger partial charge in [0.25, 0.3) is 0 Å². The summed E-state index contributed by atoms with van der Waals surface area (Å²) in [6, 6.07) is 8.98. The second-order valence-electron chi connectivity index (χ2n) is 6.27. The van der Waals surface area contributed by atoms with E-state index in [1.165, 1.54) is 0 Å². The number of aromatic nitrogens is 2. The number of anilines is 1. The summed E-state index contributed by atoms with van der Waals surface area (Å²) in [5, 5.41) is 12.7. The molecule has 1 aromatic heterocycles. The molecule has 1 fully saturated rings. The Morgan fingerprint density at radius 1 is 1.28 bits per heavy atom. The van der Waals surface area contributed by atoms with Crippen LogP contribution >= 0.6 is 0 Å². The number of nitrogens with one attached hydrogen (secondary N) is 3. The number of aryl methyl sites for hydroxylation is 2. The van der Waals surface area contributed by atoms with Crippen molar-refractivity contribution in [3.8, 4) is 0 Å². The average molecular weight is 341 g/mol. The van der Waals surface area contributed by atoms with Crippen molar-refractivity contribution < 1.29 is 9.59 Å². The van der Waals surface area contributed by atoms with Crippen LogP contribution in [0.1, 0.15) is 35.8 Å². The van der Waals surface area contributed by atoms with Gasteiger partial charge >= 0.3 is 6.03 Å². The molecular weight excluding hydrogens is 318 g/mol. The highest BCUT2D eigenvalue weighted by Gasteiger charge is 2.33. The second kappa shape index (κ2) is 7.38. The number of para-hydroxylation sites is 1. The first-order valence-electron chi connectivity index (χ1n) is 8.47. The highest BCUT2D eigenvalue weighted by Crippen LogP contribution is 2.34. The predicted molar refractivity (Wildman–Crippen MR) is 95.2 cm³/mol. The maximum Gasteiger partial charge on any atom is 0.318 e.